The summed E-state index contributed by atoms with van der Waals surface area (Å²) < 4.78 is 13.9. The maximum absolute atomic E-state index is 13.9. The molecular weight excluding hydrogens is 443 g/mol. The lowest BCUT2D eigenvalue weighted by atomic mass is 9.91. The number of anilines is 2. The number of nitrogens with zero attached hydrogens (tertiary/aromatic N) is 5. The fourth-order valence-corrected chi connectivity index (χ4v) is 4.51. The smallest absolute Gasteiger partial charge is 0.258 e. The van der Waals surface area contributed by atoms with Crippen molar-refractivity contribution in [2.75, 3.05) is 18.9 Å². The van der Waals surface area contributed by atoms with Crippen molar-refractivity contribution in [3.8, 4) is 22.0 Å². The third kappa shape index (κ3) is 3.94. The summed E-state index contributed by atoms with van der Waals surface area (Å²) in [5, 5.41) is 16.3. The summed E-state index contributed by atoms with van der Waals surface area (Å²) in [5.41, 5.74) is 1.02. The highest BCUT2D eigenvalue weighted by atomic mass is 32.1. The number of hydrogen-bond acceptors (Lipinski definition) is 8. The van der Waals surface area contributed by atoms with E-state index in [2.05, 4.69) is 25.3 Å². The molecule has 4 heterocycles. The van der Waals surface area contributed by atoms with Gasteiger partial charge < -0.3 is 15.3 Å². The Morgan fingerprint density at radius 1 is 1.12 bits per heavy atom. The maximum atomic E-state index is 13.9. The highest BCUT2D eigenvalue weighted by Gasteiger charge is 2.45. The molecule has 1 atom stereocenters. The minimum atomic E-state index is -1.52. The molecule has 5 rings (SSSR count). The van der Waals surface area contributed by atoms with Crippen LogP contribution in [0.5, 0.6) is 0 Å². The highest BCUT2D eigenvalue weighted by molar-refractivity contribution is 7.13. The second-order valence-corrected chi connectivity index (χ2v) is 8.54. The van der Waals surface area contributed by atoms with Crippen LogP contribution in [0, 0.1) is 5.82 Å². The third-order valence-corrected chi connectivity index (χ3v) is 6.40. The minimum absolute atomic E-state index is 0.0375. The van der Waals surface area contributed by atoms with E-state index < -0.39 is 11.4 Å². The number of halogens is 1. The maximum Gasteiger partial charge on any atom is 0.258 e. The largest absolute Gasteiger partial charge is 0.375 e. The number of thiazole rings is 1. The molecule has 1 saturated heterocycles. The van der Waals surface area contributed by atoms with Crippen LogP contribution in [0.1, 0.15) is 12.0 Å². The van der Waals surface area contributed by atoms with E-state index in [0.717, 1.165) is 10.6 Å². The number of pyridine rings is 1. The number of hydrogen-bond donors (Lipinski definition) is 2. The molecule has 8 nitrogen and oxygen atoms in total. The molecule has 166 valence electrons. The average molecular weight is 463 g/mol. The van der Waals surface area contributed by atoms with Gasteiger partial charge in [-0.25, -0.2) is 24.3 Å². The van der Waals surface area contributed by atoms with E-state index in [1.165, 1.54) is 34.6 Å². The number of carbonyl (C=O) groups is 1. The number of nitrogens with one attached hydrogen (secondary N) is 1. The van der Waals surface area contributed by atoms with Crippen LogP contribution in [0.4, 0.5) is 16.2 Å². The van der Waals surface area contributed by atoms with Gasteiger partial charge in [-0.1, -0.05) is 18.2 Å². The van der Waals surface area contributed by atoms with E-state index in [9.17, 15) is 14.3 Å². The molecule has 0 bridgehead atoms. The van der Waals surface area contributed by atoms with E-state index in [1.54, 1.807) is 31.4 Å². The molecule has 0 spiro atoms. The van der Waals surface area contributed by atoms with Crippen molar-refractivity contribution in [1.29, 1.82) is 0 Å². The molecular formula is C23H19FN6O2S. The second kappa shape index (κ2) is 8.30. The first-order valence-corrected chi connectivity index (χ1v) is 11.1. The Labute approximate surface area is 192 Å². The molecule has 1 unspecified atom stereocenters. The van der Waals surface area contributed by atoms with Crippen LogP contribution >= 0.6 is 11.3 Å². The van der Waals surface area contributed by atoms with Gasteiger partial charge >= 0.3 is 0 Å². The molecule has 33 heavy (non-hydrogen) atoms. The number of benzene rings is 1. The van der Waals surface area contributed by atoms with Crippen LogP contribution in [0.25, 0.3) is 22.0 Å². The standard InChI is InChI=1S/C23H19FN6O2S/c1-30-11-8-23(32,21(30)31)15-5-2-4-14(12-15)20-27-18(13-33-20)17-7-10-26-22(28-17)29-19-16(24)6-3-9-25-19/h2-7,9-10,12-13,32H,8,11H2,1H3,(H,25,26,28,29). The number of likely N-dealkylation sites (N-methyl/N-ethyl adjacent to an activating group) is 1. The predicted octanol–water partition coefficient (Wildman–Crippen LogP) is 3.59. The van der Waals surface area contributed by atoms with Gasteiger partial charge in [0.1, 0.15) is 10.7 Å². The molecule has 0 aliphatic carbocycles. The zero-order valence-electron chi connectivity index (χ0n) is 17.6. The first-order valence-electron chi connectivity index (χ1n) is 10.2. The van der Waals surface area contributed by atoms with Gasteiger partial charge in [-0.2, -0.15) is 0 Å². The molecule has 10 heteroatoms. The molecule has 1 fully saturated rings. The van der Waals surface area contributed by atoms with Crippen molar-refractivity contribution in [1.82, 2.24) is 24.8 Å². The summed E-state index contributed by atoms with van der Waals surface area (Å²) in [4.78, 5) is 31.2. The summed E-state index contributed by atoms with van der Waals surface area (Å²) in [7, 11) is 1.68. The summed E-state index contributed by atoms with van der Waals surface area (Å²) in [6.07, 6.45) is 3.38. The Morgan fingerprint density at radius 2 is 2.00 bits per heavy atom. The number of rotatable bonds is 5. The number of carbonyl (C=O) groups excluding carboxylic acids is 1. The van der Waals surface area contributed by atoms with Crippen molar-refractivity contribution in [2.45, 2.75) is 12.0 Å². The number of aromatic nitrogens is 4. The fourth-order valence-electron chi connectivity index (χ4n) is 3.70. The summed E-state index contributed by atoms with van der Waals surface area (Å²) in [6, 6.07) is 11.8. The number of amides is 1. The van der Waals surface area contributed by atoms with Crippen molar-refractivity contribution in [3.05, 3.63) is 71.6 Å². The number of likely N-dealkylation sites (tertiary alicyclic amines) is 1. The summed E-state index contributed by atoms with van der Waals surface area (Å²) in [5.74, 6) is -0.566. The second-order valence-electron chi connectivity index (χ2n) is 7.68. The number of aliphatic hydroxyl groups is 1. The van der Waals surface area contributed by atoms with E-state index in [1.807, 2.05) is 17.5 Å². The molecule has 1 aliphatic heterocycles. The van der Waals surface area contributed by atoms with Gasteiger partial charge in [0.25, 0.3) is 5.91 Å². The van der Waals surface area contributed by atoms with Gasteiger partial charge in [0.15, 0.2) is 17.2 Å². The molecule has 4 aromatic rings. The van der Waals surface area contributed by atoms with E-state index in [4.69, 9.17) is 0 Å². The minimum Gasteiger partial charge on any atom is -0.375 e. The van der Waals surface area contributed by atoms with Crippen molar-refractivity contribution < 1.29 is 14.3 Å². The van der Waals surface area contributed by atoms with Crippen molar-refractivity contribution in [3.63, 3.8) is 0 Å². The monoisotopic (exact) mass is 462 g/mol. The fraction of sp³-hybridized carbons (Fsp3) is 0.174. The zero-order valence-corrected chi connectivity index (χ0v) is 18.4. The lowest BCUT2D eigenvalue weighted by Gasteiger charge is -2.21. The topological polar surface area (TPSA) is 104 Å². The average Bonchev–Trinajstić information content (AvgIpc) is 3.43. The first kappa shape index (κ1) is 21.1. The first-order chi connectivity index (χ1) is 15.9. The van der Waals surface area contributed by atoms with Gasteiger partial charge in [0, 0.05) is 43.4 Å². The third-order valence-electron chi connectivity index (χ3n) is 5.51. The molecule has 3 aromatic heterocycles. The van der Waals surface area contributed by atoms with Crippen LogP contribution in [0.3, 0.4) is 0 Å². The normalized spacial score (nSPS) is 18.0. The highest BCUT2D eigenvalue weighted by Crippen LogP contribution is 2.36. The van der Waals surface area contributed by atoms with Gasteiger partial charge in [-0.3, -0.25) is 4.79 Å². The molecule has 2 N–H and O–H groups in total. The van der Waals surface area contributed by atoms with Crippen LogP contribution in [-0.2, 0) is 10.4 Å². The summed E-state index contributed by atoms with van der Waals surface area (Å²) in [6.45, 7) is 0.507. The Balaban J connectivity index is 1.42. The van der Waals surface area contributed by atoms with Gasteiger partial charge in [0.05, 0.1) is 5.69 Å². The van der Waals surface area contributed by atoms with Gasteiger partial charge in [0.2, 0.25) is 5.95 Å². The predicted molar refractivity (Wildman–Crippen MR) is 122 cm³/mol. The van der Waals surface area contributed by atoms with Gasteiger partial charge in [-0.05, 0) is 29.8 Å². The lowest BCUT2D eigenvalue weighted by molar-refractivity contribution is -0.143. The SMILES string of the molecule is CN1CCC(O)(c2cccc(-c3nc(-c4ccnc(Nc5ncccc5F)n4)cs3)c2)C1=O. The van der Waals surface area contributed by atoms with Gasteiger partial charge in [-0.15, -0.1) is 11.3 Å². The van der Waals surface area contributed by atoms with E-state index >= 15 is 0 Å². The Bertz CT molecular complexity index is 1350. The van der Waals surface area contributed by atoms with Crippen LogP contribution in [0.2, 0.25) is 0 Å². The Morgan fingerprint density at radius 3 is 2.79 bits per heavy atom. The molecule has 1 aromatic carbocycles. The lowest BCUT2D eigenvalue weighted by Crippen LogP contribution is -2.36. The molecule has 1 aliphatic rings. The van der Waals surface area contributed by atoms with Crippen LogP contribution < -0.4 is 5.32 Å². The Hall–Kier alpha value is -3.76. The zero-order chi connectivity index (χ0) is 23.0. The van der Waals surface area contributed by atoms with Crippen LogP contribution in [0.15, 0.2) is 60.2 Å². The van der Waals surface area contributed by atoms with E-state index in [-0.39, 0.29) is 17.7 Å². The molecule has 0 saturated carbocycles. The Kier molecular flexibility index (Phi) is 5.31. The van der Waals surface area contributed by atoms with Crippen LogP contribution in [-0.4, -0.2) is 49.4 Å². The van der Waals surface area contributed by atoms with E-state index in [0.29, 0.717) is 29.9 Å². The molecule has 1 amide bonds. The summed E-state index contributed by atoms with van der Waals surface area (Å²) >= 11 is 1.42. The molecule has 0 radical (unpaired) electrons. The van der Waals surface area contributed by atoms with Crippen molar-refractivity contribution in [2.24, 2.45) is 0 Å². The van der Waals surface area contributed by atoms with Crippen molar-refractivity contribution >= 4 is 29.0 Å². The quantitative estimate of drug-likeness (QED) is 0.467.